The molecule has 16 heteroatoms. The maximum absolute atomic E-state index is 14.7. The zero-order valence-corrected chi connectivity index (χ0v) is 24.0. The number of halogens is 4. The van der Waals surface area contributed by atoms with Crippen LogP contribution in [0.4, 0.5) is 22.4 Å². The lowest BCUT2D eigenvalue weighted by Gasteiger charge is -2.31. The van der Waals surface area contributed by atoms with Crippen LogP contribution in [-0.4, -0.2) is 87.7 Å². The van der Waals surface area contributed by atoms with Gasteiger partial charge in [0.15, 0.2) is 0 Å². The molecule has 0 aliphatic carbocycles. The van der Waals surface area contributed by atoms with Gasteiger partial charge in [-0.25, -0.2) is 27.1 Å². The van der Waals surface area contributed by atoms with Crippen molar-refractivity contribution >= 4 is 22.1 Å². The highest BCUT2D eigenvalue weighted by atomic mass is 32.2. The number of hydrogen-bond donors (Lipinski definition) is 2. The highest BCUT2D eigenvalue weighted by molar-refractivity contribution is 7.89. The molecule has 0 bridgehead atoms. The number of ether oxygens (including phenoxy) is 3. The number of hydrogen-bond acceptors (Lipinski definition) is 8. The third kappa shape index (κ3) is 11.1. The number of methoxy groups -OCH3 is 1. The van der Waals surface area contributed by atoms with Gasteiger partial charge in [-0.1, -0.05) is 0 Å². The first-order chi connectivity index (χ1) is 19.6. The Hall–Kier alpha value is -3.50. The van der Waals surface area contributed by atoms with E-state index in [2.05, 4.69) is 9.71 Å². The summed E-state index contributed by atoms with van der Waals surface area (Å²) in [7, 11) is -2.37. The second-order valence-electron chi connectivity index (χ2n) is 9.39. The first-order valence-corrected chi connectivity index (χ1v) is 14.3. The minimum absolute atomic E-state index is 0.0923. The molecule has 0 saturated carbocycles. The molecular weight excluding hydrogens is 590 g/mol. The topological polar surface area (TPSA) is 144 Å². The highest BCUT2D eigenvalue weighted by Gasteiger charge is 2.38. The van der Waals surface area contributed by atoms with Crippen LogP contribution >= 0.6 is 0 Å². The molecule has 1 aliphatic rings. The molecule has 2 aromatic rings. The molecule has 42 heavy (non-hydrogen) atoms. The van der Waals surface area contributed by atoms with Gasteiger partial charge in [0.25, 0.3) is 0 Å². The minimum Gasteiger partial charge on any atom is -0.492 e. The lowest BCUT2D eigenvalue weighted by atomic mass is 9.98. The molecule has 0 unspecified atom stereocenters. The van der Waals surface area contributed by atoms with Gasteiger partial charge in [-0.05, 0) is 62.9 Å². The van der Waals surface area contributed by atoms with E-state index in [4.69, 9.17) is 24.1 Å². The second kappa shape index (κ2) is 15.7. The number of carbonyl (C=O) groups is 2. The Morgan fingerprint density at radius 2 is 1.81 bits per heavy atom. The number of benzene rings is 1. The maximum Gasteiger partial charge on any atom is 0.490 e. The molecule has 0 spiro atoms. The molecule has 2 heterocycles. The third-order valence-electron chi connectivity index (χ3n) is 5.80. The van der Waals surface area contributed by atoms with Crippen LogP contribution in [0.25, 0.3) is 11.3 Å². The van der Waals surface area contributed by atoms with E-state index in [1.54, 1.807) is 17.0 Å². The van der Waals surface area contributed by atoms with Gasteiger partial charge in [0, 0.05) is 32.3 Å². The van der Waals surface area contributed by atoms with Crippen molar-refractivity contribution in [1.82, 2.24) is 14.6 Å². The number of carbonyl (C=O) groups excluding carboxylic acids is 1. The van der Waals surface area contributed by atoms with E-state index in [9.17, 15) is 30.8 Å². The summed E-state index contributed by atoms with van der Waals surface area (Å²) in [6.45, 7) is 5.71. The summed E-state index contributed by atoms with van der Waals surface area (Å²) in [4.78, 5) is 26.7. The molecular formula is C26H33F4N3O8S. The fraction of sp³-hybridized carbons (Fsp3) is 0.500. The van der Waals surface area contributed by atoms with Crippen molar-refractivity contribution in [2.45, 2.75) is 43.9 Å². The number of pyridine rings is 1. The molecule has 1 fully saturated rings. The molecule has 1 aromatic heterocycles. The van der Waals surface area contributed by atoms with E-state index in [0.29, 0.717) is 37.1 Å². The van der Waals surface area contributed by atoms with Gasteiger partial charge in [0.2, 0.25) is 10.0 Å². The molecule has 234 valence electrons. The van der Waals surface area contributed by atoms with Crippen molar-refractivity contribution in [3.63, 3.8) is 0 Å². The van der Waals surface area contributed by atoms with E-state index < -0.39 is 28.0 Å². The Bertz CT molecular complexity index is 1280. The second-order valence-corrected chi connectivity index (χ2v) is 11.2. The van der Waals surface area contributed by atoms with Gasteiger partial charge in [-0.3, -0.25) is 4.98 Å². The van der Waals surface area contributed by atoms with Crippen LogP contribution in [0, 0.1) is 11.7 Å². The van der Waals surface area contributed by atoms with Crippen LogP contribution in [0.2, 0.25) is 0 Å². The lowest BCUT2D eigenvalue weighted by molar-refractivity contribution is -0.192. The maximum atomic E-state index is 14.7. The Morgan fingerprint density at radius 3 is 2.31 bits per heavy atom. The van der Waals surface area contributed by atoms with Crippen molar-refractivity contribution < 1.29 is 54.9 Å². The largest absolute Gasteiger partial charge is 0.492 e. The number of amides is 1. The van der Waals surface area contributed by atoms with Crippen molar-refractivity contribution in [3.05, 3.63) is 42.3 Å². The summed E-state index contributed by atoms with van der Waals surface area (Å²) in [5.74, 6) is -2.59. The standard InChI is InChI=1S/C24H32FN3O6S.C2HF3O2/c1-17(2)34-24(29)28-11-8-18(9-12-28)16-33-19-4-7-23(26-15-19)21-6-5-20(14-22(21)25)35(30,31)27-10-13-32-3;3-2(4,5)1(6)7/h4-7,14-15,17-18,27H,8-13,16H2,1-3H3;(H,6,7). The predicted octanol–water partition coefficient (Wildman–Crippen LogP) is 4.08. The Morgan fingerprint density at radius 1 is 1.17 bits per heavy atom. The zero-order chi connectivity index (χ0) is 31.5. The summed E-state index contributed by atoms with van der Waals surface area (Å²) in [6.07, 6.45) is -2.35. The molecule has 11 nitrogen and oxygen atoms in total. The quantitative estimate of drug-likeness (QED) is 0.296. The molecule has 2 N–H and O–H groups in total. The SMILES string of the molecule is COCCNS(=O)(=O)c1ccc(-c2ccc(OCC3CCN(C(=O)OC(C)C)CC3)cn2)c(F)c1.O=C(O)C(F)(F)F. The number of nitrogens with zero attached hydrogens (tertiary/aromatic N) is 2. The lowest BCUT2D eigenvalue weighted by Crippen LogP contribution is -2.40. The molecule has 0 atom stereocenters. The number of alkyl halides is 3. The van der Waals surface area contributed by atoms with Crippen LogP contribution in [0.1, 0.15) is 26.7 Å². The first kappa shape index (κ1) is 34.7. The number of sulfonamides is 1. The predicted molar refractivity (Wildman–Crippen MR) is 142 cm³/mol. The summed E-state index contributed by atoms with van der Waals surface area (Å²) in [5, 5.41) is 7.12. The van der Waals surface area contributed by atoms with Crippen LogP contribution < -0.4 is 9.46 Å². The van der Waals surface area contributed by atoms with E-state index in [1.807, 2.05) is 13.8 Å². The molecule has 1 aliphatic heterocycles. The highest BCUT2D eigenvalue weighted by Crippen LogP contribution is 2.26. The zero-order valence-electron chi connectivity index (χ0n) is 23.2. The summed E-state index contributed by atoms with van der Waals surface area (Å²) in [6, 6.07) is 7.03. The molecule has 1 aromatic carbocycles. The van der Waals surface area contributed by atoms with Gasteiger partial charge >= 0.3 is 18.2 Å². The molecule has 1 saturated heterocycles. The number of aromatic nitrogens is 1. The Labute approximate surface area is 240 Å². The van der Waals surface area contributed by atoms with Crippen LogP contribution in [0.5, 0.6) is 5.75 Å². The van der Waals surface area contributed by atoms with Crippen molar-refractivity contribution in [2.75, 3.05) is 40.0 Å². The monoisotopic (exact) mass is 623 g/mol. The first-order valence-electron chi connectivity index (χ1n) is 12.8. The Balaban J connectivity index is 0.000000782. The average molecular weight is 624 g/mol. The molecule has 1 amide bonds. The fourth-order valence-corrected chi connectivity index (χ4v) is 4.65. The normalized spacial score (nSPS) is 14.2. The fourth-order valence-electron chi connectivity index (χ4n) is 3.63. The molecule has 0 radical (unpaired) electrons. The van der Waals surface area contributed by atoms with Crippen LogP contribution in [-0.2, 0) is 24.3 Å². The number of nitrogens with one attached hydrogen (secondary N) is 1. The number of carboxylic acids is 1. The van der Waals surface area contributed by atoms with E-state index in [0.717, 1.165) is 18.9 Å². The van der Waals surface area contributed by atoms with Gasteiger partial charge in [-0.2, -0.15) is 13.2 Å². The van der Waals surface area contributed by atoms with Crippen LogP contribution in [0.3, 0.4) is 0 Å². The van der Waals surface area contributed by atoms with Crippen molar-refractivity contribution in [3.8, 4) is 17.0 Å². The van der Waals surface area contributed by atoms with E-state index in [1.165, 1.54) is 25.4 Å². The number of likely N-dealkylation sites (tertiary alicyclic amines) is 1. The average Bonchev–Trinajstić information content (AvgIpc) is 2.92. The van der Waals surface area contributed by atoms with Gasteiger partial charge in [0.1, 0.15) is 11.6 Å². The summed E-state index contributed by atoms with van der Waals surface area (Å²) in [5.41, 5.74) is 0.552. The smallest absolute Gasteiger partial charge is 0.490 e. The number of carboxylic acid groups (broad SMARTS) is 1. The van der Waals surface area contributed by atoms with Crippen molar-refractivity contribution in [1.29, 1.82) is 0 Å². The van der Waals surface area contributed by atoms with Crippen molar-refractivity contribution in [2.24, 2.45) is 5.92 Å². The number of piperidine rings is 1. The van der Waals surface area contributed by atoms with Crippen LogP contribution in [0.15, 0.2) is 41.4 Å². The minimum atomic E-state index is -5.08. The van der Waals surface area contributed by atoms with E-state index in [-0.39, 0.29) is 35.8 Å². The number of aliphatic carboxylic acids is 1. The van der Waals surface area contributed by atoms with Gasteiger partial charge in [0.05, 0.1) is 36.1 Å². The summed E-state index contributed by atoms with van der Waals surface area (Å²) < 4.78 is 89.2. The van der Waals surface area contributed by atoms with E-state index >= 15 is 0 Å². The third-order valence-corrected chi connectivity index (χ3v) is 7.26. The van der Waals surface area contributed by atoms with Gasteiger partial charge < -0.3 is 24.2 Å². The van der Waals surface area contributed by atoms with Gasteiger partial charge in [-0.15, -0.1) is 0 Å². The summed E-state index contributed by atoms with van der Waals surface area (Å²) >= 11 is 0. The Kier molecular flexibility index (Phi) is 12.9. The number of rotatable bonds is 10. The molecule has 3 rings (SSSR count).